The highest BCUT2D eigenvalue weighted by Gasteiger charge is 2.29. The van der Waals surface area contributed by atoms with Crippen LogP contribution in [-0.4, -0.2) is 95.9 Å². The molecule has 0 aromatic heterocycles. The number of carbonyl (C=O) groups excluding carboxylic acids is 3. The second-order valence-electron chi connectivity index (χ2n) is 27.2. The number of aliphatic hydroxyl groups excluding tert-OH is 2. The van der Waals surface area contributed by atoms with Gasteiger partial charge in [-0.25, -0.2) is 9.13 Å². The molecule has 18 heteroatoms. The summed E-state index contributed by atoms with van der Waals surface area (Å²) in [5.74, 6) is -1.61. The summed E-state index contributed by atoms with van der Waals surface area (Å²) in [6.07, 6.45) is 97.5. The van der Waals surface area contributed by atoms with Crippen LogP contribution in [-0.2, 0) is 55.8 Å². The zero-order valence-corrected chi connectivity index (χ0v) is 67.6. The molecule has 5 atom stereocenters. The van der Waals surface area contributed by atoms with Crippen LogP contribution in [0.15, 0.2) is 146 Å². The maximum Gasteiger partial charge on any atom is 0.472 e. The fourth-order valence-corrected chi connectivity index (χ4v) is 12.4. The maximum absolute atomic E-state index is 13.0. The zero-order valence-electron chi connectivity index (χ0n) is 65.9. The number of esters is 3. The van der Waals surface area contributed by atoms with Crippen LogP contribution in [0.2, 0.25) is 0 Å². The van der Waals surface area contributed by atoms with E-state index in [0.29, 0.717) is 19.3 Å². The van der Waals surface area contributed by atoms with Gasteiger partial charge in [0.2, 0.25) is 0 Å². The third-order valence-electron chi connectivity index (χ3n) is 17.0. The monoisotopic (exact) mass is 1510 g/mol. The third-order valence-corrected chi connectivity index (χ3v) is 18.9. The van der Waals surface area contributed by atoms with Crippen LogP contribution in [0.5, 0.6) is 0 Å². The first-order chi connectivity index (χ1) is 51.2. The van der Waals surface area contributed by atoms with Crippen molar-refractivity contribution in [3.05, 3.63) is 146 Å². The molecule has 0 spiro atoms. The summed E-state index contributed by atoms with van der Waals surface area (Å²) < 4.78 is 61.2. The fraction of sp³-hybridized carbons (Fsp3) is 0.690. The highest BCUT2D eigenvalue weighted by molar-refractivity contribution is 7.47. The van der Waals surface area contributed by atoms with Gasteiger partial charge >= 0.3 is 33.6 Å². The summed E-state index contributed by atoms with van der Waals surface area (Å²) >= 11 is 0. The van der Waals surface area contributed by atoms with Gasteiger partial charge in [0.15, 0.2) is 6.10 Å². The Hall–Kier alpha value is -4.57. The number of carbonyl (C=O) groups is 3. The van der Waals surface area contributed by atoms with E-state index in [1.165, 1.54) is 109 Å². The summed E-state index contributed by atoms with van der Waals surface area (Å²) in [5, 5.41) is 20.7. The van der Waals surface area contributed by atoms with Crippen LogP contribution >= 0.6 is 15.6 Å². The molecule has 0 aliphatic heterocycles. The van der Waals surface area contributed by atoms with Crippen molar-refractivity contribution in [2.75, 3.05) is 39.6 Å². The van der Waals surface area contributed by atoms with Gasteiger partial charge in [-0.05, 0) is 148 Å². The van der Waals surface area contributed by atoms with Crippen LogP contribution in [0.4, 0.5) is 0 Å². The van der Waals surface area contributed by atoms with Crippen LogP contribution in [0.3, 0.4) is 0 Å². The van der Waals surface area contributed by atoms with Crippen molar-refractivity contribution in [1.29, 1.82) is 0 Å². The van der Waals surface area contributed by atoms with Crippen LogP contribution in [0.1, 0.15) is 329 Å². The summed E-state index contributed by atoms with van der Waals surface area (Å²) in [6.45, 7) is 2.48. The predicted molar refractivity (Wildman–Crippen MR) is 436 cm³/mol. The lowest BCUT2D eigenvalue weighted by Crippen LogP contribution is -2.30. The van der Waals surface area contributed by atoms with E-state index in [-0.39, 0.29) is 19.3 Å². The van der Waals surface area contributed by atoms with Gasteiger partial charge in [-0.15, -0.1) is 0 Å². The molecule has 602 valence electrons. The van der Waals surface area contributed by atoms with Crippen molar-refractivity contribution >= 4 is 33.6 Å². The topological polar surface area (TPSA) is 231 Å². The first-order valence-corrected chi connectivity index (χ1v) is 44.1. The van der Waals surface area contributed by atoms with Crippen LogP contribution in [0.25, 0.3) is 0 Å². The largest absolute Gasteiger partial charge is 0.472 e. The van der Waals surface area contributed by atoms with Crippen molar-refractivity contribution in [2.45, 2.75) is 347 Å². The predicted octanol–water partition coefficient (Wildman–Crippen LogP) is 24.4. The standard InChI is InChI=1S/C87H148O16P2/c1-4-7-10-13-16-19-22-25-28-30-32-34-35-36-37-38-39-40-41-42-43-44-45-47-49-50-53-55-58-61-64-67-70-73-85(90)97-76-82(88)77-99-104(93,94)100-78-83(89)79-101-105(95,96)102-81-84(103-87(92)75-72-69-66-63-60-57-52-27-24-21-18-15-12-9-6-3)80-98-86(91)74-71-68-65-62-59-56-54-51-48-46-33-31-29-26-23-20-17-14-11-8-5-2/h7,10,16-21,25-29,32-34,36-37,39-40,46,51-52,54,82-84,88-89H,4-6,8-9,11-15,22-24,30-31,35,38,41-45,47-50,53,55-81H2,1-3H3,(H,93,94)(H,95,96)/b10-7-,19-16-,20-17-,21-18-,28-25-,29-26-,34-32-,37-36-,40-39-,46-33-,52-27-,54-51-. The van der Waals surface area contributed by atoms with Gasteiger partial charge in [0.1, 0.15) is 25.4 Å². The van der Waals surface area contributed by atoms with E-state index in [0.717, 1.165) is 161 Å². The zero-order chi connectivity index (χ0) is 76.6. The number of unbranched alkanes of at least 4 members (excludes halogenated alkanes) is 30. The lowest BCUT2D eigenvalue weighted by atomic mass is 10.0. The maximum atomic E-state index is 13.0. The highest BCUT2D eigenvalue weighted by Crippen LogP contribution is 2.45. The number of aliphatic hydroxyl groups is 2. The molecule has 0 aliphatic rings. The molecular weight excluding hydrogens is 1360 g/mol. The Bertz CT molecular complexity index is 2490. The minimum absolute atomic E-state index is 0.0816. The van der Waals surface area contributed by atoms with Gasteiger partial charge in [-0.2, -0.15) is 0 Å². The first-order valence-electron chi connectivity index (χ1n) is 41.1. The molecule has 0 radical (unpaired) electrons. The second-order valence-corrected chi connectivity index (χ2v) is 30.1. The van der Waals surface area contributed by atoms with Crippen molar-refractivity contribution in [3.63, 3.8) is 0 Å². The molecule has 0 fully saturated rings. The summed E-state index contributed by atoms with van der Waals surface area (Å²) in [6, 6.07) is 0. The molecule has 0 aliphatic carbocycles. The number of hydrogen-bond donors (Lipinski definition) is 4. The lowest BCUT2D eigenvalue weighted by Gasteiger charge is -2.21. The van der Waals surface area contributed by atoms with E-state index < -0.39 is 91.5 Å². The van der Waals surface area contributed by atoms with E-state index in [4.69, 9.17) is 32.3 Å². The van der Waals surface area contributed by atoms with Gasteiger partial charge in [0.05, 0.1) is 26.4 Å². The van der Waals surface area contributed by atoms with E-state index in [1.54, 1.807) is 0 Å². The Morgan fingerprint density at radius 1 is 0.276 bits per heavy atom. The molecule has 105 heavy (non-hydrogen) atoms. The Morgan fingerprint density at radius 3 is 0.800 bits per heavy atom. The van der Waals surface area contributed by atoms with Gasteiger partial charge in [-0.1, -0.05) is 308 Å². The Balaban J connectivity index is 4.49. The Kier molecular flexibility index (Phi) is 75.6. The number of phosphoric acid groups is 2. The average molecular weight is 1510 g/mol. The normalized spacial score (nSPS) is 14.7. The first kappa shape index (κ1) is 100. The second kappa shape index (κ2) is 79.0. The molecule has 5 unspecified atom stereocenters. The molecule has 0 saturated heterocycles. The molecule has 0 bridgehead atoms. The third kappa shape index (κ3) is 80.3. The van der Waals surface area contributed by atoms with Crippen LogP contribution < -0.4 is 0 Å². The highest BCUT2D eigenvalue weighted by atomic mass is 31.2. The quantitative estimate of drug-likeness (QED) is 0.0146. The average Bonchev–Trinajstić information content (AvgIpc) is 0.940. The molecule has 0 amide bonds. The molecular formula is C87H148O16P2. The number of phosphoric ester groups is 2. The van der Waals surface area contributed by atoms with Crippen LogP contribution in [0, 0.1) is 0 Å². The van der Waals surface area contributed by atoms with E-state index in [9.17, 15) is 43.5 Å². The fourth-order valence-electron chi connectivity index (χ4n) is 10.8. The molecule has 0 rings (SSSR count). The minimum Gasteiger partial charge on any atom is -0.463 e. The molecule has 0 saturated carbocycles. The number of hydrogen-bond acceptors (Lipinski definition) is 14. The van der Waals surface area contributed by atoms with E-state index >= 15 is 0 Å². The van der Waals surface area contributed by atoms with Gasteiger partial charge < -0.3 is 34.2 Å². The lowest BCUT2D eigenvalue weighted by molar-refractivity contribution is -0.161. The summed E-state index contributed by atoms with van der Waals surface area (Å²) in [7, 11) is -9.80. The Labute approximate surface area is 638 Å². The molecule has 0 aromatic rings. The van der Waals surface area contributed by atoms with Crippen molar-refractivity contribution in [2.24, 2.45) is 0 Å². The molecule has 16 nitrogen and oxygen atoms in total. The number of allylic oxidation sites excluding steroid dienone is 24. The summed E-state index contributed by atoms with van der Waals surface area (Å²) in [5.41, 5.74) is 0. The van der Waals surface area contributed by atoms with Crippen molar-refractivity contribution in [3.8, 4) is 0 Å². The van der Waals surface area contributed by atoms with Gasteiger partial charge in [0.25, 0.3) is 0 Å². The van der Waals surface area contributed by atoms with Gasteiger partial charge in [-0.3, -0.25) is 32.5 Å². The number of rotatable bonds is 77. The van der Waals surface area contributed by atoms with Crippen molar-refractivity contribution in [1.82, 2.24) is 0 Å². The number of ether oxygens (including phenoxy) is 3. The molecule has 0 heterocycles. The SMILES string of the molecule is CC/C=C\C/C=C\C/C=C\C/C=C\C/C=C\C/C=C\CCCCCCCCCCCCCCCCC(=O)OCC(O)COP(=O)(O)OCC(O)COP(=O)(O)OCC(COC(=O)CCCCCCC/C=C\C/C=C\C/C=C\C/C=C\CCCCC)OC(=O)CCCCCCC/C=C\C/C=C\CCCCC. The van der Waals surface area contributed by atoms with Gasteiger partial charge in [0, 0.05) is 19.3 Å². The molecule has 0 aromatic carbocycles. The smallest absolute Gasteiger partial charge is 0.463 e. The summed E-state index contributed by atoms with van der Waals surface area (Å²) in [4.78, 5) is 58.7. The Morgan fingerprint density at radius 2 is 0.505 bits per heavy atom. The van der Waals surface area contributed by atoms with E-state index in [2.05, 4.69) is 167 Å². The van der Waals surface area contributed by atoms with E-state index in [1.807, 2.05) is 0 Å². The van der Waals surface area contributed by atoms with Crippen molar-refractivity contribution < 1.29 is 75.8 Å². The molecule has 4 N–H and O–H groups in total. The minimum atomic E-state index is -4.94.